The molecule has 1 saturated heterocycles. The van der Waals surface area contributed by atoms with Gasteiger partial charge in [-0.25, -0.2) is 13.2 Å². The molecular formula is C14H15F3N2O3. The van der Waals surface area contributed by atoms with Crippen LogP contribution in [0.4, 0.5) is 13.2 Å². The average molecular weight is 316 g/mol. The lowest BCUT2D eigenvalue weighted by Crippen LogP contribution is -2.52. The Balaban J connectivity index is 2.07. The van der Waals surface area contributed by atoms with Gasteiger partial charge in [0.05, 0.1) is 5.56 Å². The maximum absolute atomic E-state index is 13.6. The average Bonchev–Trinajstić information content (AvgIpc) is 2.51. The van der Waals surface area contributed by atoms with E-state index in [4.69, 9.17) is 0 Å². The number of rotatable bonds is 2. The van der Waals surface area contributed by atoms with E-state index in [1.54, 1.807) is 0 Å². The monoisotopic (exact) mass is 316 g/mol. The third kappa shape index (κ3) is 3.06. The smallest absolute Gasteiger partial charge is 0.257 e. The van der Waals surface area contributed by atoms with Crippen LogP contribution in [0, 0.1) is 17.5 Å². The molecule has 1 N–H and O–H groups in total. The van der Waals surface area contributed by atoms with E-state index in [2.05, 4.69) is 0 Å². The van der Waals surface area contributed by atoms with Gasteiger partial charge in [0.25, 0.3) is 11.8 Å². The molecule has 0 bridgehead atoms. The number of aliphatic hydroxyl groups is 1. The zero-order valence-corrected chi connectivity index (χ0v) is 11.9. The molecule has 120 valence electrons. The quantitative estimate of drug-likeness (QED) is 0.820. The fraction of sp³-hybridized carbons (Fsp3) is 0.429. The highest BCUT2D eigenvalue weighted by atomic mass is 19.2. The van der Waals surface area contributed by atoms with Crippen molar-refractivity contribution in [2.75, 3.05) is 26.2 Å². The van der Waals surface area contributed by atoms with E-state index in [1.807, 2.05) is 0 Å². The molecule has 1 aliphatic heterocycles. The number of nitrogens with zero attached hydrogens (tertiary/aromatic N) is 2. The molecule has 2 rings (SSSR count). The topological polar surface area (TPSA) is 60.9 Å². The van der Waals surface area contributed by atoms with Crippen molar-refractivity contribution >= 4 is 11.8 Å². The Morgan fingerprint density at radius 2 is 1.59 bits per heavy atom. The van der Waals surface area contributed by atoms with E-state index in [9.17, 15) is 27.9 Å². The van der Waals surface area contributed by atoms with E-state index in [0.29, 0.717) is 6.07 Å². The van der Waals surface area contributed by atoms with Crippen molar-refractivity contribution in [1.29, 1.82) is 0 Å². The van der Waals surface area contributed by atoms with Crippen molar-refractivity contribution in [3.05, 3.63) is 35.1 Å². The highest BCUT2D eigenvalue weighted by Crippen LogP contribution is 2.18. The number of amides is 2. The molecule has 5 nitrogen and oxygen atoms in total. The molecule has 1 aliphatic rings. The first-order chi connectivity index (χ1) is 10.3. The van der Waals surface area contributed by atoms with Gasteiger partial charge in [-0.05, 0) is 19.1 Å². The van der Waals surface area contributed by atoms with Crippen LogP contribution in [0.25, 0.3) is 0 Å². The number of benzene rings is 1. The molecule has 2 amide bonds. The molecule has 8 heteroatoms. The second-order valence-corrected chi connectivity index (χ2v) is 5.02. The Bertz CT molecular complexity index is 599. The Hall–Kier alpha value is -2.09. The summed E-state index contributed by atoms with van der Waals surface area (Å²) in [4.78, 5) is 26.4. The number of hydrogen-bond acceptors (Lipinski definition) is 3. The summed E-state index contributed by atoms with van der Waals surface area (Å²) in [5.74, 6) is -5.78. The maximum Gasteiger partial charge on any atom is 0.257 e. The first-order valence-electron chi connectivity index (χ1n) is 6.72. The van der Waals surface area contributed by atoms with Crippen LogP contribution in [0.1, 0.15) is 17.3 Å². The Kier molecular flexibility index (Phi) is 4.70. The molecule has 1 fully saturated rings. The Morgan fingerprint density at radius 1 is 1.05 bits per heavy atom. The number of aliphatic hydroxyl groups excluding tert-OH is 1. The van der Waals surface area contributed by atoms with Crippen LogP contribution in [0.15, 0.2) is 12.1 Å². The molecule has 0 radical (unpaired) electrons. The van der Waals surface area contributed by atoms with Gasteiger partial charge in [0, 0.05) is 26.2 Å². The van der Waals surface area contributed by atoms with Gasteiger partial charge in [0.1, 0.15) is 6.10 Å². The van der Waals surface area contributed by atoms with Crippen molar-refractivity contribution in [3.63, 3.8) is 0 Å². The number of piperazine rings is 1. The second kappa shape index (κ2) is 6.35. The SMILES string of the molecule is CC(O)C(=O)N1CCN(C(=O)c2ccc(F)c(F)c2F)CC1. The van der Waals surface area contributed by atoms with Crippen LogP contribution in [0.2, 0.25) is 0 Å². The molecule has 1 heterocycles. The highest BCUT2D eigenvalue weighted by Gasteiger charge is 2.28. The zero-order valence-electron chi connectivity index (χ0n) is 11.9. The number of carbonyl (C=O) groups is 2. The van der Waals surface area contributed by atoms with Crippen LogP contribution >= 0.6 is 0 Å². The molecule has 0 aliphatic carbocycles. The molecule has 1 aromatic carbocycles. The lowest BCUT2D eigenvalue weighted by atomic mass is 10.1. The van der Waals surface area contributed by atoms with E-state index >= 15 is 0 Å². The van der Waals surface area contributed by atoms with Crippen LogP contribution in [-0.4, -0.2) is 59.0 Å². The first kappa shape index (κ1) is 16.3. The normalized spacial score (nSPS) is 16.6. The van der Waals surface area contributed by atoms with Gasteiger partial charge in [-0.1, -0.05) is 0 Å². The predicted octanol–water partition coefficient (Wildman–Crippen LogP) is 0.769. The van der Waals surface area contributed by atoms with Crippen LogP contribution in [0.5, 0.6) is 0 Å². The fourth-order valence-corrected chi connectivity index (χ4v) is 2.26. The van der Waals surface area contributed by atoms with Crippen molar-refractivity contribution in [3.8, 4) is 0 Å². The summed E-state index contributed by atoms with van der Waals surface area (Å²) in [6.07, 6.45) is -1.13. The number of halogens is 3. The minimum Gasteiger partial charge on any atom is -0.384 e. The first-order valence-corrected chi connectivity index (χ1v) is 6.72. The molecule has 22 heavy (non-hydrogen) atoms. The predicted molar refractivity (Wildman–Crippen MR) is 70.5 cm³/mol. The Labute approximate surface area is 124 Å². The van der Waals surface area contributed by atoms with Gasteiger partial charge in [-0.2, -0.15) is 0 Å². The molecule has 1 aromatic rings. The largest absolute Gasteiger partial charge is 0.384 e. The minimum absolute atomic E-state index is 0.121. The highest BCUT2D eigenvalue weighted by molar-refractivity contribution is 5.94. The van der Waals surface area contributed by atoms with Gasteiger partial charge in [-0.3, -0.25) is 9.59 Å². The van der Waals surface area contributed by atoms with Gasteiger partial charge >= 0.3 is 0 Å². The summed E-state index contributed by atoms with van der Waals surface area (Å²) < 4.78 is 39.7. The molecule has 0 aromatic heterocycles. The second-order valence-electron chi connectivity index (χ2n) is 5.02. The molecule has 1 unspecified atom stereocenters. The summed E-state index contributed by atoms with van der Waals surface area (Å²) in [6, 6.07) is 1.59. The van der Waals surface area contributed by atoms with Gasteiger partial charge in [0.15, 0.2) is 17.5 Å². The van der Waals surface area contributed by atoms with Crippen molar-refractivity contribution in [2.24, 2.45) is 0 Å². The Morgan fingerprint density at radius 3 is 2.14 bits per heavy atom. The van der Waals surface area contributed by atoms with Crippen molar-refractivity contribution in [1.82, 2.24) is 9.80 Å². The maximum atomic E-state index is 13.6. The van der Waals surface area contributed by atoms with Gasteiger partial charge in [0.2, 0.25) is 0 Å². The van der Waals surface area contributed by atoms with Crippen LogP contribution in [-0.2, 0) is 4.79 Å². The van der Waals surface area contributed by atoms with Crippen LogP contribution < -0.4 is 0 Å². The molecule has 0 spiro atoms. The molecule has 0 saturated carbocycles. The minimum atomic E-state index is -1.69. The van der Waals surface area contributed by atoms with E-state index in [1.165, 1.54) is 16.7 Å². The standard InChI is InChI=1S/C14H15F3N2O3/c1-8(20)13(21)18-4-6-19(7-5-18)14(22)9-2-3-10(15)12(17)11(9)16/h2-3,8,20H,4-7H2,1H3. The van der Waals surface area contributed by atoms with E-state index in [0.717, 1.165) is 6.07 Å². The van der Waals surface area contributed by atoms with Crippen molar-refractivity contribution < 1.29 is 27.9 Å². The summed E-state index contributed by atoms with van der Waals surface area (Å²) in [6.45, 7) is 1.95. The lowest BCUT2D eigenvalue weighted by molar-refractivity contribution is -0.140. The molecular weight excluding hydrogens is 301 g/mol. The lowest BCUT2D eigenvalue weighted by Gasteiger charge is -2.35. The summed E-state index contributed by atoms with van der Waals surface area (Å²) in [5.41, 5.74) is -0.547. The summed E-state index contributed by atoms with van der Waals surface area (Å²) in [5, 5.41) is 9.22. The molecule has 1 atom stereocenters. The fourth-order valence-electron chi connectivity index (χ4n) is 2.26. The van der Waals surface area contributed by atoms with E-state index < -0.39 is 40.9 Å². The van der Waals surface area contributed by atoms with Crippen LogP contribution in [0.3, 0.4) is 0 Å². The van der Waals surface area contributed by atoms with E-state index in [-0.39, 0.29) is 26.2 Å². The van der Waals surface area contributed by atoms with Gasteiger partial charge < -0.3 is 14.9 Å². The third-order valence-electron chi connectivity index (χ3n) is 3.50. The summed E-state index contributed by atoms with van der Waals surface area (Å²) >= 11 is 0. The zero-order chi connectivity index (χ0) is 16.4. The number of hydrogen-bond donors (Lipinski definition) is 1. The number of carbonyl (C=O) groups excluding carboxylic acids is 2. The summed E-state index contributed by atoms with van der Waals surface area (Å²) in [7, 11) is 0. The third-order valence-corrected chi connectivity index (χ3v) is 3.50. The van der Waals surface area contributed by atoms with Crippen molar-refractivity contribution in [2.45, 2.75) is 13.0 Å². The van der Waals surface area contributed by atoms with Gasteiger partial charge in [-0.15, -0.1) is 0 Å².